The second-order valence-electron chi connectivity index (χ2n) is 3.26. The number of hydrogen-bond donors (Lipinski definition) is 2. The van der Waals surface area contributed by atoms with Crippen LogP contribution in [-0.2, 0) is 13.2 Å². The topological polar surface area (TPSA) is 49.7 Å². The SMILES string of the molecule is OCc1cc(Br)cc(CO)c1OCCCF. The summed E-state index contributed by atoms with van der Waals surface area (Å²) in [7, 11) is 0. The van der Waals surface area contributed by atoms with Gasteiger partial charge in [0, 0.05) is 22.0 Å². The van der Waals surface area contributed by atoms with Crippen LogP contribution in [0.25, 0.3) is 0 Å². The number of alkyl halides is 1. The molecule has 0 heterocycles. The van der Waals surface area contributed by atoms with Gasteiger partial charge in [-0.05, 0) is 12.1 Å². The van der Waals surface area contributed by atoms with Gasteiger partial charge in [0.25, 0.3) is 0 Å². The number of hydrogen-bond acceptors (Lipinski definition) is 3. The molecule has 2 N–H and O–H groups in total. The molecule has 0 amide bonds. The normalized spacial score (nSPS) is 10.5. The molecule has 0 unspecified atom stereocenters. The summed E-state index contributed by atoms with van der Waals surface area (Å²) in [4.78, 5) is 0. The maximum Gasteiger partial charge on any atom is 0.130 e. The summed E-state index contributed by atoms with van der Waals surface area (Å²) in [5.41, 5.74) is 1.16. The highest BCUT2D eigenvalue weighted by molar-refractivity contribution is 9.10. The van der Waals surface area contributed by atoms with E-state index < -0.39 is 6.67 Å². The van der Waals surface area contributed by atoms with Gasteiger partial charge in [-0.15, -0.1) is 0 Å². The van der Waals surface area contributed by atoms with Crippen molar-refractivity contribution >= 4 is 15.9 Å². The molecule has 0 aliphatic rings. The highest BCUT2D eigenvalue weighted by atomic mass is 79.9. The molecule has 3 nitrogen and oxygen atoms in total. The number of aliphatic hydroxyl groups is 2. The molecule has 0 fully saturated rings. The Hall–Kier alpha value is -0.650. The van der Waals surface area contributed by atoms with E-state index in [0.29, 0.717) is 23.3 Å². The summed E-state index contributed by atoms with van der Waals surface area (Å²) >= 11 is 3.27. The van der Waals surface area contributed by atoms with Crippen LogP contribution in [0.3, 0.4) is 0 Å². The maximum absolute atomic E-state index is 11.9. The van der Waals surface area contributed by atoms with E-state index in [1.165, 1.54) is 0 Å². The summed E-state index contributed by atoms with van der Waals surface area (Å²) < 4.78 is 18.1. The highest BCUT2D eigenvalue weighted by Gasteiger charge is 2.10. The van der Waals surface area contributed by atoms with Crippen molar-refractivity contribution in [1.29, 1.82) is 0 Å². The van der Waals surface area contributed by atoms with Crippen LogP contribution < -0.4 is 4.74 Å². The molecule has 5 heteroatoms. The van der Waals surface area contributed by atoms with Gasteiger partial charge in [-0.3, -0.25) is 4.39 Å². The van der Waals surface area contributed by atoms with Crippen LogP contribution >= 0.6 is 15.9 Å². The Bertz CT molecular complexity index is 319. The van der Waals surface area contributed by atoms with Gasteiger partial charge < -0.3 is 14.9 Å². The first-order valence-electron chi connectivity index (χ1n) is 4.94. The largest absolute Gasteiger partial charge is 0.493 e. The third kappa shape index (κ3) is 3.43. The van der Waals surface area contributed by atoms with Gasteiger partial charge in [0.15, 0.2) is 0 Å². The summed E-state index contributed by atoms with van der Waals surface area (Å²) in [6, 6.07) is 3.42. The average Bonchev–Trinajstić information content (AvgIpc) is 2.30. The van der Waals surface area contributed by atoms with Crippen LogP contribution in [-0.4, -0.2) is 23.5 Å². The molecule has 1 aromatic carbocycles. The fourth-order valence-corrected chi connectivity index (χ4v) is 1.91. The first kappa shape index (κ1) is 13.4. The van der Waals surface area contributed by atoms with Crippen LogP contribution in [0, 0.1) is 0 Å². The summed E-state index contributed by atoms with van der Waals surface area (Å²) in [5.74, 6) is 0.446. The Kier molecular flexibility index (Phi) is 5.73. The molecule has 16 heavy (non-hydrogen) atoms. The lowest BCUT2D eigenvalue weighted by atomic mass is 10.1. The molecule has 0 bridgehead atoms. The van der Waals surface area contributed by atoms with Crippen LogP contribution in [0.15, 0.2) is 16.6 Å². The molecule has 0 aromatic heterocycles. The minimum atomic E-state index is -0.445. The monoisotopic (exact) mass is 292 g/mol. The maximum atomic E-state index is 11.9. The molecule has 0 aliphatic carbocycles. The van der Waals surface area contributed by atoms with Crippen LogP contribution in [0.5, 0.6) is 5.75 Å². The standard InChI is InChI=1S/C11H14BrFO3/c12-10-4-8(6-14)11(9(5-10)7-15)16-3-1-2-13/h4-5,14-15H,1-3,6-7H2. The zero-order chi connectivity index (χ0) is 12.0. The predicted octanol–water partition coefficient (Wildman–Crippen LogP) is 2.17. The molecular formula is C11H14BrFO3. The van der Waals surface area contributed by atoms with E-state index in [9.17, 15) is 4.39 Å². The van der Waals surface area contributed by atoms with Gasteiger partial charge in [-0.2, -0.15) is 0 Å². The van der Waals surface area contributed by atoms with Crippen molar-refractivity contribution in [2.75, 3.05) is 13.3 Å². The molecule has 1 rings (SSSR count). The number of halogens is 2. The summed E-state index contributed by atoms with van der Waals surface area (Å²) in [6.07, 6.45) is 0.297. The van der Waals surface area contributed by atoms with Crippen molar-refractivity contribution in [3.05, 3.63) is 27.7 Å². The molecule has 0 atom stereocenters. The van der Waals surface area contributed by atoms with Crippen molar-refractivity contribution in [1.82, 2.24) is 0 Å². The molecule has 0 radical (unpaired) electrons. The van der Waals surface area contributed by atoms with Gasteiger partial charge in [-0.1, -0.05) is 15.9 Å². The molecule has 1 aromatic rings. The van der Waals surface area contributed by atoms with E-state index in [1.54, 1.807) is 12.1 Å². The third-order valence-corrected chi connectivity index (χ3v) is 2.53. The third-order valence-electron chi connectivity index (χ3n) is 2.07. The van der Waals surface area contributed by atoms with Crippen molar-refractivity contribution in [2.45, 2.75) is 19.6 Å². The molecule has 0 spiro atoms. The second kappa shape index (κ2) is 6.83. The molecular weight excluding hydrogens is 279 g/mol. The second-order valence-corrected chi connectivity index (χ2v) is 4.18. The Morgan fingerprint density at radius 3 is 2.19 bits per heavy atom. The fourth-order valence-electron chi connectivity index (χ4n) is 1.36. The number of aliphatic hydroxyl groups excluding tert-OH is 2. The molecule has 0 aliphatic heterocycles. The minimum absolute atomic E-state index is 0.183. The molecule has 0 saturated heterocycles. The van der Waals surface area contributed by atoms with E-state index >= 15 is 0 Å². The average molecular weight is 293 g/mol. The zero-order valence-electron chi connectivity index (χ0n) is 8.75. The van der Waals surface area contributed by atoms with E-state index in [-0.39, 0.29) is 19.8 Å². The van der Waals surface area contributed by atoms with E-state index in [0.717, 1.165) is 4.47 Å². The Morgan fingerprint density at radius 1 is 1.19 bits per heavy atom. The first-order valence-corrected chi connectivity index (χ1v) is 5.74. The quantitative estimate of drug-likeness (QED) is 0.790. The smallest absolute Gasteiger partial charge is 0.130 e. The minimum Gasteiger partial charge on any atom is -0.493 e. The lowest BCUT2D eigenvalue weighted by Gasteiger charge is -2.14. The van der Waals surface area contributed by atoms with Crippen LogP contribution in [0.4, 0.5) is 4.39 Å². The summed E-state index contributed by atoms with van der Waals surface area (Å²) in [6.45, 7) is -0.577. The molecule has 0 saturated carbocycles. The van der Waals surface area contributed by atoms with Crippen molar-refractivity contribution in [3.8, 4) is 5.75 Å². The zero-order valence-corrected chi connectivity index (χ0v) is 10.3. The van der Waals surface area contributed by atoms with Crippen LogP contribution in [0.2, 0.25) is 0 Å². The van der Waals surface area contributed by atoms with Gasteiger partial charge in [-0.25, -0.2) is 0 Å². The number of rotatable bonds is 6. The summed E-state index contributed by atoms with van der Waals surface area (Å²) in [5, 5.41) is 18.3. The van der Waals surface area contributed by atoms with E-state index in [4.69, 9.17) is 14.9 Å². The fraction of sp³-hybridized carbons (Fsp3) is 0.455. The lowest BCUT2D eigenvalue weighted by Crippen LogP contribution is -2.04. The lowest BCUT2D eigenvalue weighted by molar-refractivity contribution is 0.240. The number of ether oxygens (including phenoxy) is 1. The van der Waals surface area contributed by atoms with Crippen LogP contribution in [0.1, 0.15) is 17.5 Å². The Morgan fingerprint density at radius 2 is 1.75 bits per heavy atom. The van der Waals surface area contributed by atoms with Gasteiger partial charge in [0.2, 0.25) is 0 Å². The first-order chi connectivity index (χ1) is 7.72. The molecule has 90 valence electrons. The highest BCUT2D eigenvalue weighted by Crippen LogP contribution is 2.29. The van der Waals surface area contributed by atoms with Gasteiger partial charge >= 0.3 is 0 Å². The predicted molar refractivity (Wildman–Crippen MR) is 62.1 cm³/mol. The Labute approximate surface area is 102 Å². The van der Waals surface area contributed by atoms with Gasteiger partial charge in [0.1, 0.15) is 5.75 Å². The number of benzene rings is 1. The van der Waals surface area contributed by atoms with Crippen molar-refractivity contribution in [3.63, 3.8) is 0 Å². The Balaban J connectivity index is 2.93. The van der Waals surface area contributed by atoms with E-state index in [1.807, 2.05) is 0 Å². The van der Waals surface area contributed by atoms with Crippen molar-refractivity contribution < 1.29 is 19.3 Å². The van der Waals surface area contributed by atoms with E-state index in [2.05, 4.69) is 15.9 Å². The van der Waals surface area contributed by atoms with Gasteiger partial charge in [0.05, 0.1) is 26.5 Å². The van der Waals surface area contributed by atoms with Crippen molar-refractivity contribution in [2.24, 2.45) is 0 Å².